The Balaban J connectivity index is 1.68. The number of Topliss-reactive ketones (excluding diaryl/α,β-unsaturated/α-hetero) is 1. The van der Waals surface area contributed by atoms with Crippen molar-refractivity contribution >= 4 is 34.5 Å². The Labute approximate surface area is 203 Å². The number of aromatic nitrogens is 2. The number of hydrogen-bond acceptors (Lipinski definition) is 6. The smallest absolute Gasteiger partial charge is 0.420 e. The molecule has 0 fully saturated rings. The lowest BCUT2D eigenvalue weighted by atomic mass is 10.1. The van der Waals surface area contributed by atoms with Crippen LogP contribution in [0.2, 0.25) is 0 Å². The molecule has 0 bridgehead atoms. The zero-order valence-electron chi connectivity index (χ0n) is 19.8. The molecule has 0 spiro atoms. The number of rotatable bonds is 7. The molecule has 3 rings (SSSR count). The minimum atomic E-state index is -3.23. The number of fused-ring (bicyclic) bond motifs is 1. The molecule has 0 radical (unpaired) electrons. The number of carbonyl (C=O) groups is 3. The van der Waals surface area contributed by atoms with E-state index in [1.807, 2.05) is 0 Å². The van der Waals surface area contributed by atoms with Crippen LogP contribution in [0.15, 0.2) is 36.7 Å². The van der Waals surface area contributed by atoms with Gasteiger partial charge in [-0.3, -0.25) is 9.59 Å². The van der Waals surface area contributed by atoms with E-state index in [9.17, 15) is 31.9 Å². The summed E-state index contributed by atoms with van der Waals surface area (Å²) < 4.78 is 65.5. The van der Waals surface area contributed by atoms with Gasteiger partial charge in [-0.2, -0.15) is 0 Å². The standard InChI is InChI=1S/C24H23F4N3O5/c1-23(2,3)36-22(34)31-12-29-17-7-13(5-6-18(17)31)30-20(33)10-19(32)21-15(25)8-14(9-16(21)26)35-11-24(4,27)28/h5-9,12H,10-11H2,1-4H3,(H,30,33). The Kier molecular flexibility index (Phi) is 7.37. The van der Waals surface area contributed by atoms with Crippen molar-refractivity contribution in [1.82, 2.24) is 9.55 Å². The van der Waals surface area contributed by atoms with Gasteiger partial charge in [0, 0.05) is 24.7 Å². The van der Waals surface area contributed by atoms with E-state index in [1.54, 1.807) is 20.8 Å². The van der Waals surface area contributed by atoms with Crippen LogP contribution < -0.4 is 10.1 Å². The number of nitrogens with one attached hydrogen (secondary N) is 1. The first-order chi connectivity index (χ1) is 16.6. The van der Waals surface area contributed by atoms with Gasteiger partial charge in [0.25, 0.3) is 5.92 Å². The number of amides is 1. The van der Waals surface area contributed by atoms with Crippen LogP contribution in [0.25, 0.3) is 11.0 Å². The van der Waals surface area contributed by atoms with Crippen LogP contribution in [0, 0.1) is 11.6 Å². The monoisotopic (exact) mass is 509 g/mol. The van der Waals surface area contributed by atoms with Crippen molar-refractivity contribution in [3.63, 3.8) is 0 Å². The summed E-state index contributed by atoms with van der Waals surface area (Å²) in [6.45, 7) is 4.61. The predicted molar refractivity (Wildman–Crippen MR) is 121 cm³/mol. The van der Waals surface area contributed by atoms with Gasteiger partial charge in [-0.15, -0.1) is 0 Å². The molecule has 0 atom stereocenters. The summed E-state index contributed by atoms with van der Waals surface area (Å²) in [6, 6.07) is 5.57. The van der Waals surface area contributed by atoms with Gasteiger partial charge in [-0.25, -0.2) is 31.9 Å². The summed E-state index contributed by atoms with van der Waals surface area (Å²) in [7, 11) is 0. The highest BCUT2D eigenvalue weighted by Gasteiger charge is 2.25. The lowest BCUT2D eigenvalue weighted by molar-refractivity contribution is -0.115. The third kappa shape index (κ3) is 6.80. The van der Waals surface area contributed by atoms with Gasteiger partial charge in [-0.05, 0) is 39.0 Å². The molecule has 1 aromatic heterocycles. The van der Waals surface area contributed by atoms with Crippen molar-refractivity contribution < 1.29 is 41.4 Å². The summed E-state index contributed by atoms with van der Waals surface area (Å²) in [6.07, 6.45) is -0.281. The van der Waals surface area contributed by atoms with E-state index in [2.05, 4.69) is 15.0 Å². The van der Waals surface area contributed by atoms with E-state index in [0.29, 0.717) is 30.1 Å². The van der Waals surface area contributed by atoms with Gasteiger partial charge < -0.3 is 14.8 Å². The fraction of sp³-hybridized carbons (Fsp3) is 0.333. The van der Waals surface area contributed by atoms with E-state index in [1.165, 1.54) is 29.1 Å². The van der Waals surface area contributed by atoms with Crippen molar-refractivity contribution in [2.75, 3.05) is 11.9 Å². The van der Waals surface area contributed by atoms with Crippen molar-refractivity contribution in [3.8, 4) is 5.75 Å². The van der Waals surface area contributed by atoms with E-state index in [4.69, 9.17) is 4.74 Å². The number of alkyl halides is 2. The fourth-order valence-corrected chi connectivity index (χ4v) is 3.10. The maximum Gasteiger partial charge on any atom is 0.420 e. The highest BCUT2D eigenvalue weighted by Crippen LogP contribution is 2.25. The summed E-state index contributed by atoms with van der Waals surface area (Å²) in [4.78, 5) is 41.1. The molecule has 0 saturated carbocycles. The number of ether oxygens (including phenoxy) is 2. The third-order valence-corrected chi connectivity index (χ3v) is 4.53. The minimum Gasteiger partial charge on any atom is -0.487 e. The number of imidazole rings is 1. The first-order valence-corrected chi connectivity index (χ1v) is 10.7. The summed E-state index contributed by atoms with van der Waals surface area (Å²) in [5, 5.41) is 2.42. The van der Waals surface area contributed by atoms with Gasteiger partial charge >= 0.3 is 6.09 Å². The number of anilines is 1. The summed E-state index contributed by atoms with van der Waals surface area (Å²) >= 11 is 0. The Morgan fingerprint density at radius 2 is 1.67 bits per heavy atom. The lowest BCUT2D eigenvalue weighted by Crippen LogP contribution is -2.26. The number of benzene rings is 2. The average Bonchev–Trinajstić information content (AvgIpc) is 3.13. The molecular weight excluding hydrogens is 486 g/mol. The SMILES string of the molecule is CC(F)(F)COc1cc(F)c(C(=O)CC(=O)Nc2ccc3c(c2)ncn3C(=O)OC(C)(C)C)c(F)c1. The molecule has 1 heterocycles. The van der Waals surface area contributed by atoms with Gasteiger partial charge in [0.2, 0.25) is 5.91 Å². The van der Waals surface area contributed by atoms with Crippen LogP contribution in [0.4, 0.5) is 28.0 Å². The topological polar surface area (TPSA) is 99.5 Å². The van der Waals surface area contributed by atoms with Gasteiger partial charge in [0.15, 0.2) is 12.4 Å². The van der Waals surface area contributed by atoms with E-state index in [-0.39, 0.29) is 5.69 Å². The van der Waals surface area contributed by atoms with Crippen molar-refractivity contribution in [3.05, 3.63) is 53.9 Å². The zero-order valence-corrected chi connectivity index (χ0v) is 19.8. The molecule has 1 amide bonds. The Morgan fingerprint density at radius 1 is 1.03 bits per heavy atom. The summed E-state index contributed by atoms with van der Waals surface area (Å²) in [5.74, 6) is -8.48. The highest BCUT2D eigenvalue weighted by atomic mass is 19.3. The Morgan fingerprint density at radius 3 is 2.25 bits per heavy atom. The zero-order chi connectivity index (χ0) is 26.8. The molecular formula is C24H23F4N3O5. The average molecular weight is 509 g/mol. The maximum absolute atomic E-state index is 14.3. The molecule has 0 aliphatic rings. The van der Waals surface area contributed by atoms with Crippen LogP contribution in [0.3, 0.4) is 0 Å². The molecule has 192 valence electrons. The van der Waals surface area contributed by atoms with E-state index in [0.717, 1.165) is 0 Å². The summed E-state index contributed by atoms with van der Waals surface area (Å²) in [5.41, 5.74) is -0.738. The number of carbonyl (C=O) groups excluding carboxylic acids is 3. The van der Waals surface area contributed by atoms with Crippen molar-refractivity contribution in [2.24, 2.45) is 0 Å². The van der Waals surface area contributed by atoms with Gasteiger partial charge in [0.05, 0.1) is 23.0 Å². The van der Waals surface area contributed by atoms with E-state index >= 15 is 0 Å². The number of halogens is 4. The first kappa shape index (κ1) is 26.6. The fourth-order valence-electron chi connectivity index (χ4n) is 3.10. The molecule has 8 nitrogen and oxygen atoms in total. The Hall–Kier alpha value is -3.96. The van der Waals surface area contributed by atoms with Crippen molar-refractivity contribution in [2.45, 2.75) is 45.6 Å². The molecule has 36 heavy (non-hydrogen) atoms. The number of ketones is 1. The molecule has 0 unspecified atom stereocenters. The second-order valence-corrected chi connectivity index (χ2v) is 9.07. The third-order valence-electron chi connectivity index (χ3n) is 4.53. The molecule has 0 aliphatic carbocycles. The van der Waals surface area contributed by atoms with Gasteiger partial charge in [-0.1, -0.05) is 0 Å². The van der Waals surface area contributed by atoms with Crippen molar-refractivity contribution in [1.29, 1.82) is 0 Å². The number of nitrogens with zero attached hydrogens (tertiary/aromatic N) is 2. The second-order valence-electron chi connectivity index (χ2n) is 9.07. The molecule has 0 aliphatic heterocycles. The normalized spacial score (nSPS) is 11.9. The van der Waals surface area contributed by atoms with Crippen LogP contribution in [0.5, 0.6) is 5.75 Å². The quantitative estimate of drug-likeness (QED) is 0.262. The molecule has 3 aromatic rings. The number of hydrogen-bond donors (Lipinski definition) is 1. The lowest BCUT2D eigenvalue weighted by Gasteiger charge is -2.19. The first-order valence-electron chi connectivity index (χ1n) is 10.7. The predicted octanol–water partition coefficient (Wildman–Crippen LogP) is 5.34. The second kappa shape index (κ2) is 9.96. The van der Waals surface area contributed by atoms with Crippen LogP contribution in [0.1, 0.15) is 44.5 Å². The van der Waals surface area contributed by atoms with Crippen LogP contribution >= 0.6 is 0 Å². The highest BCUT2D eigenvalue weighted by molar-refractivity contribution is 6.11. The largest absolute Gasteiger partial charge is 0.487 e. The van der Waals surface area contributed by atoms with Crippen LogP contribution in [-0.2, 0) is 9.53 Å². The maximum atomic E-state index is 14.3. The van der Waals surface area contributed by atoms with E-state index < -0.39 is 65.3 Å². The van der Waals surface area contributed by atoms with Crippen LogP contribution in [-0.4, -0.2) is 45.5 Å². The molecule has 0 saturated heterocycles. The molecule has 1 N–H and O–H groups in total. The molecule has 12 heteroatoms. The molecule has 2 aromatic carbocycles. The minimum absolute atomic E-state index is 0.222. The van der Waals surface area contributed by atoms with Gasteiger partial charge in [0.1, 0.15) is 29.3 Å². The Bertz CT molecular complexity index is 1300.